The molecule has 0 saturated heterocycles. The number of hydrogen-bond donors (Lipinski definition) is 2. The Morgan fingerprint density at radius 3 is 2.76 bits per heavy atom. The number of ether oxygens (including phenoxy) is 2. The molecular weight excluding hydrogens is 381 g/mol. The van der Waals surface area contributed by atoms with Crippen molar-refractivity contribution in [1.82, 2.24) is 5.32 Å². The Balaban J connectivity index is 0.00000220. The first kappa shape index (κ1) is 17.9. The van der Waals surface area contributed by atoms with Crippen LogP contribution in [0, 0.1) is 0 Å². The second-order valence-corrected chi connectivity index (χ2v) is 5.58. The summed E-state index contributed by atoms with van der Waals surface area (Å²) in [7, 11) is 0. The van der Waals surface area contributed by atoms with Crippen molar-refractivity contribution in [2.45, 2.75) is 32.6 Å². The van der Waals surface area contributed by atoms with E-state index in [1.165, 1.54) is 0 Å². The molecular formula is C15H24IN3O2. The molecule has 1 aromatic carbocycles. The van der Waals surface area contributed by atoms with Gasteiger partial charge in [-0.05, 0) is 24.1 Å². The van der Waals surface area contributed by atoms with E-state index in [2.05, 4.69) is 37.1 Å². The molecule has 2 rings (SSSR count). The lowest BCUT2D eigenvalue weighted by Gasteiger charge is -2.23. The minimum Gasteiger partial charge on any atom is -0.454 e. The lowest BCUT2D eigenvalue weighted by Crippen LogP contribution is -2.34. The summed E-state index contributed by atoms with van der Waals surface area (Å²) >= 11 is 0. The molecule has 1 aliphatic rings. The van der Waals surface area contributed by atoms with Crippen LogP contribution in [0.5, 0.6) is 11.5 Å². The van der Waals surface area contributed by atoms with Crippen LogP contribution in [0.25, 0.3) is 0 Å². The molecule has 1 aromatic rings. The molecule has 0 unspecified atom stereocenters. The van der Waals surface area contributed by atoms with E-state index in [1.54, 1.807) is 0 Å². The Bertz CT molecular complexity index is 504. The van der Waals surface area contributed by atoms with Crippen LogP contribution in [0.15, 0.2) is 23.2 Å². The number of aliphatic imine (C=N–C) groups is 1. The van der Waals surface area contributed by atoms with Gasteiger partial charge in [0.15, 0.2) is 17.5 Å². The van der Waals surface area contributed by atoms with Crippen molar-refractivity contribution < 1.29 is 9.47 Å². The Hall–Kier alpha value is -1.18. The Morgan fingerprint density at radius 2 is 2.05 bits per heavy atom. The summed E-state index contributed by atoms with van der Waals surface area (Å²) in [5.41, 5.74) is 6.88. The van der Waals surface area contributed by atoms with Crippen molar-refractivity contribution in [1.29, 1.82) is 0 Å². The highest BCUT2D eigenvalue weighted by Gasteiger charge is 2.23. The number of fused-ring (bicyclic) bond motifs is 1. The smallest absolute Gasteiger partial charge is 0.231 e. The summed E-state index contributed by atoms with van der Waals surface area (Å²) < 4.78 is 10.7. The number of benzene rings is 1. The summed E-state index contributed by atoms with van der Waals surface area (Å²) in [6.45, 7) is 8.14. The molecule has 1 aliphatic heterocycles. The third-order valence-corrected chi connectivity index (χ3v) is 3.35. The molecule has 1 heterocycles. The van der Waals surface area contributed by atoms with Crippen LogP contribution in [0.1, 0.15) is 32.8 Å². The molecule has 0 aliphatic carbocycles. The fourth-order valence-electron chi connectivity index (χ4n) is 2.00. The zero-order chi connectivity index (χ0) is 14.6. The number of nitrogens with two attached hydrogens (primary N) is 1. The summed E-state index contributed by atoms with van der Waals surface area (Å²) in [5.74, 6) is 2.11. The van der Waals surface area contributed by atoms with Crippen molar-refractivity contribution >= 4 is 29.9 Å². The van der Waals surface area contributed by atoms with Crippen LogP contribution in [-0.4, -0.2) is 25.8 Å². The van der Waals surface area contributed by atoms with Gasteiger partial charge in [0, 0.05) is 12.0 Å². The predicted molar refractivity (Wildman–Crippen MR) is 95.8 cm³/mol. The van der Waals surface area contributed by atoms with Crippen molar-refractivity contribution in [3.8, 4) is 11.5 Å². The minimum atomic E-state index is -0.112. The number of rotatable bonds is 5. The number of guanidine groups is 1. The zero-order valence-corrected chi connectivity index (χ0v) is 15.1. The Morgan fingerprint density at radius 1 is 1.33 bits per heavy atom. The van der Waals surface area contributed by atoms with E-state index in [-0.39, 0.29) is 29.4 Å². The van der Waals surface area contributed by atoms with Gasteiger partial charge in [0.2, 0.25) is 6.79 Å². The second kappa shape index (κ2) is 7.72. The first-order valence-corrected chi connectivity index (χ1v) is 6.97. The van der Waals surface area contributed by atoms with Gasteiger partial charge < -0.3 is 20.5 Å². The third kappa shape index (κ3) is 4.66. The van der Waals surface area contributed by atoms with Crippen LogP contribution >= 0.6 is 24.0 Å². The normalized spacial score (nSPS) is 13.8. The minimum absolute atomic E-state index is 0. The highest BCUT2D eigenvalue weighted by atomic mass is 127. The molecule has 0 amide bonds. The fraction of sp³-hybridized carbons (Fsp3) is 0.533. The zero-order valence-electron chi connectivity index (χ0n) is 12.8. The SMILES string of the molecule is CCCNC(N)=NCC(C)(C)c1ccc2c(c1)OCO2.I. The lowest BCUT2D eigenvalue weighted by molar-refractivity contribution is 0.174. The molecule has 0 bridgehead atoms. The quantitative estimate of drug-likeness (QED) is 0.449. The molecule has 0 spiro atoms. The van der Waals surface area contributed by atoms with Gasteiger partial charge in [0.1, 0.15) is 0 Å². The van der Waals surface area contributed by atoms with Gasteiger partial charge in [0.05, 0.1) is 6.54 Å². The van der Waals surface area contributed by atoms with Gasteiger partial charge in [-0.2, -0.15) is 0 Å². The van der Waals surface area contributed by atoms with Crippen LogP contribution in [0.4, 0.5) is 0 Å². The maximum absolute atomic E-state index is 5.83. The second-order valence-electron chi connectivity index (χ2n) is 5.58. The van der Waals surface area contributed by atoms with Gasteiger partial charge in [-0.1, -0.05) is 26.8 Å². The summed E-state index contributed by atoms with van der Waals surface area (Å²) in [6.07, 6.45) is 1.03. The van der Waals surface area contributed by atoms with Crippen LogP contribution in [-0.2, 0) is 5.41 Å². The van der Waals surface area contributed by atoms with Gasteiger partial charge in [-0.3, -0.25) is 4.99 Å². The molecule has 0 fully saturated rings. The maximum Gasteiger partial charge on any atom is 0.231 e. The first-order chi connectivity index (χ1) is 9.53. The van der Waals surface area contributed by atoms with E-state index < -0.39 is 0 Å². The van der Waals surface area contributed by atoms with Crippen LogP contribution in [0.3, 0.4) is 0 Å². The highest BCUT2D eigenvalue weighted by molar-refractivity contribution is 14.0. The van der Waals surface area contributed by atoms with E-state index in [4.69, 9.17) is 15.2 Å². The van der Waals surface area contributed by atoms with Crippen molar-refractivity contribution in [2.75, 3.05) is 19.9 Å². The standard InChI is InChI=1S/C15H23N3O2.HI/c1-4-7-17-14(16)18-9-15(2,3)11-5-6-12-13(8-11)20-10-19-12;/h5-6,8H,4,7,9-10H2,1-3H3,(H3,16,17,18);1H. The largest absolute Gasteiger partial charge is 0.454 e. The molecule has 0 saturated carbocycles. The van der Waals surface area contributed by atoms with Gasteiger partial charge in [-0.25, -0.2) is 0 Å². The topological polar surface area (TPSA) is 68.9 Å². The number of nitrogens with zero attached hydrogens (tertiary/aromatic N) is 1. The van der Waals surface area contributed by atoms with Crippen molar-refractivity contribution in [3.05, 3.63) is 23.8 Å². The van der Waals surface area contributed by atoms with E-state index in [0.717, 1.165) is 30.0 Å². The molecule has 5 nitrogen and oxygen atoms in total. The summed E-state index contributed by atoms with van der Waals surface area (Å²) in [4.78, 5) is 4.41. The van der Waals surface area contributed by atoms with Crippen LogP contribution in [0.2, 0.25) is 0 Å². The number of halogens is 1. The van der Waals surface area contributed by atoms with Crippen molar-refractivity contribution in [2.24, 2.45) is 10.7 Å². The van der Waals surface area contributed by atoms with E-state index >= 15 is 0 Å². The Kier molecular flexibility index (Phi) is 6.57. The highest BCUT2D eigenvalue weighted by Crippen LogP contribution is 2.36. The number of hydrogen-bond acceptors (Lipinski definition) is 3. The first-order valence-electron chi connectivity index (χ1n) is 6.97. The maximum atomic E-state index is 5.83. The number of nitrogens with one attached hydrogen (secondary N) is 1. The van der Waals surface area contributed by atoms with Crippen LogP contribution < -0.4 is 20.5 Å². The molecule has 0 radical (unpaired) electrons. The average molecular weight is 405 g/mol. The summed E-state index contributed by atoms with van der Waals surface area (Å²) in [5, 5.41) is 3.08. The molecule has 0 atom stereocenters. The lowest BCUT2D eigenvalue weighted by atomic mass is 9.84. The third-order valence-electron chi connectivity index (χ3n) is 3.35. The van der Waals surface area contributed by atoms with Gasteiger partial charge in [-0.15, -0.1) is 24.0 Å². The van der Waals surface area contributed by atoms with Gasteiger partial charge >= 0.3 is 0 Å². The molecule has 6 heteroatoms. The molecule has 118 valence electrons. The molecule has 0 aromatic heterocycles. The molecule has 3 N–H and O–H groups in total. The Labute approximate surface area is 143 Å². The van der Waals surface area contributed by atoms with Crippen molar-refractivity contribution in [3.63, 3.8) is 0 Å². The van der Waals surface area contributed by atoms with Gasteiger partial charge in [0.25, 0.3) is 0 Å². The monoisotopic (exact) mass is 405 g/mol. The van der Waals surface area contributed by atoms with E-state index in [1.807, 2.05) is 12.1 Å². The fourth-order valence-corrected chi connectivity index (χ4v) is 2.00. The summed E-state index contributed by atoms with van der Waals surface area (Å²) in [6, 6.07) is 6.02. The van der Waals surface area contributed by atoms with E-state index in [9.17, 15) is 0 Å². The molecule has 21 heavy (non-hydrogen) atoms. The average Bonchev–Trinajstić information content (AvgIpc) is 2.90. The van der Waals surface area contributed by atoms with E-state index in [0.29, 0.717) is 19.3 Å². The predicted octanol–water partition coefficient (Wildman–Crippen LogP) is 2.63.